The van der Waals surface area contributed by atoms with E-state index in [1.54, 1.807) is 12.4 Å². The SMILES string of the molecule is CCCCCc1ccc(-c2ccc(-c3nc(-c4ccncc4)no3)cc2)cc1. The van der Waals surface area contributed by atoms with Crippen molar-refractivity contribution >= 4 is 0 Å². The molecule has 140 valence electrons. The lowest BCUT2D eigenvalue weighted by atomic mass is 10.0. The lowest BCUT2D eigenvalue weighted by molar-refractivity contribution is 0.432. The molecule has 2 aromatic carbocycles. The predicted molar refractivity (Wildman–Crippen MR) is 112 cm³/mol. The van der Waals surface area contributed by atoms with Crippen molar-refractivity contribution in [2.45, 2.75) is 32.6 Å². The first kappa shape index (κ1) is 18.1. The van der Waals surface area contributed by atoms with Gasteiger partial charge >= 0.3 is 0 Å². The topological polar surface area (TPSA) is 51.8 Å². The summed E-state index contributed by atoms with van der Waals surface area (Å²) in [4.78, 5) is 8.51. The van der Waals surface area contributed by atoms with E-state index in [4.69, 9.17) is 4.52 Å². The van der Waals surface area contributed by atoms with Gasteiger partial charge in [-0.3, -0.25) is 4.98 Å². The number of benzene rings is 2. The molecule has 2 heterocycles. The van der Waals surface area contributed by atoms with E-state index < -0.39 is 0 Å². The van der Waals surface area contributed by atoms with Crippen LogP contribution in [0, 0.1) is 0 Å². The Kier molecular flexibility index (Phi) is 5.57. The van der Waals surface area contributed by atoms with Crippen molar-refractivity contribution in [3.63, 3.8) is 0 Å². The third-order valence-corrected chi connectivity index (χ3v) is 4.85. The van der Waals surface area contributed by atoms with Crippen LogP contribution >= 0.6 is 0 Å². The van der Waals surface area contributed by atoms with Crippen LogP contribution in [0.25, 0.3) is 34.0 Å². The first-order valence-electron chi connectivity index (χ1n) is 9.77. The third-order valence-electron chi connectivity index (χ3n) is 4.85. The van der Waals surface area contributed by atoms with E-state index in [1.807, 2.05) is 24.3 Å². The van der Waals surface area contributed by atoms with Crippen molar-refractivity contribution in [2.24, 2.45) is 0 Å². The zero-order valence-electron chi connectivity index (χ0n) is 16.0. The zero-order chi connectivity index (χ0) is 19.2. The van der Waals surface area contributed by atoms with Crippen molar-refractivity contribution < 1.29 is 4.52 Å². The van der Waals surface area contributed by atoms with Gasteiger partial charge in [-0.1, -0.05) is 61.3 Å². The third kappa shape index (κ3) is 4.17. The molecule has 0 radical (unpaired) electrons. The molecule has 4 rings (SSSR count). The Balaban J connectivity index is 1.48. The fourth-order valence-corrected chi connectivity index (χ4v) is 3.21. The molecular formula is C24H23N3O. The summed E-state index contributed by atoms with van der Waals surface area (Å²) in [5, 5.41) is 4.07. The standard InChI is InChI=1S/C24H23N3O/c1-2-3-4-5-18-6-8-19(9-7-18)20-10-12-22(13-11-20)24-26-23(27-28-24)21-14-16-25-17-15-21/h6-17H,2-5H2,1H3. The minimum Gasteiger partial charge on any atom is -0.334 e. The maximum atomic E-state index is 5.43. The van der Waals surface area contributed by atoms with Crippen LogP contribution in [-0.4, -0.2) is 15.1 Å². The largest absolute Gasteiger partial charge is 0.334 e. The summed E-state index contributed by atoms with van der Waals surface area (Å²) in [5.74, 6) is 1.09. The smallest absolute Gasteiger partial charge is 0.258 e. The molecule has 28 heavy (non-hydrogen) atoms. The van der Waals surface area contributed by atoms with Crippen molar-refractivity contribution in [3.05, 3.63) is 78.6 Å². The second kappa shape index (κ2) is 8.61. The molecule has 4 aromatic rings. The number of nitrogens with zero attached hydrogens (tertiary/aromatic N) is 3. The molecule has 0 atom stereocenters. The highest BCUT2D eigenvalue weighted by Crippen LogP contribution is 2.26. The minimum absolute atomic E-state index is 0.518. The predicted octanol–water partition coefficient (Wildman–Crippen LogP) is 6.20. The highest BCUT2D eigenvalue weighted by molar-refractivity contribution is 5.68. The summed E-state index contributed by atoms with van der Waals surface area (Å²) in [7, 11) is 0. The Labute approximate surface area is 165 Å². The van der Waals surface area contributed by atoms with E-state index >= 15 is 0 Å². The summed E-state index contributed by atoms with van der Waals surface area (Å²) in [6.07, 6.45) is 8.40. The summed E-state index contributed by atoms with van der Waals surface area (Å²) in [6.45, 7) is 2.24. The molecule has 0 bridgehead atoms. The van der Waals surface area contributed by atoms with Crippen LogP contribution in [0.15, 0.2) is 77.6 Å². The molecule has 4 heteroatoms. The summed E-state index contributed by atoms with van der Waals surface area (Å²) in [5.41, 5.74) is 5.60. The Morgan fingerprint density at radius 2 is 1.36 bits per heavy atom. The van der Waals surface area contributed by atoms with Crippen LogP contribution in [0.2, 0.25) is 0 Å². The monoisotopic (exact) mass is 369 g/mol. The van der Waals surface area contributed by atoms with Gasteiger partial charge in [0, 0.05) is 23.5 Å². The summed E-state index contributed by atoms with van der Waals surface area (Å²) in [6, 6.07) is 20.8. The van der Waals surface area contributed by atoms with Crippen molar-refractivity contribution in [2.75, 3.05) is 0 Å². The van der Waals surface area contributed by atoms with Gasteiger partial charge in [0.2, 0.25) is 5.82 Å². The molecule has 0 spiro atoms. The van der Waals surface area contributed by atoms with Crippen LogP contribution in [-0.2, 0) is 6.42 Å². The summed E-state index contributed by atoms with van der Waals surface area (Å²) < 4.78 is 5.43. The molecule has 0 amide bonds. The van der Waals surface area contributed by atoms with Crippen LogP contribution in [0.5, 0.6) is 0 Å². The average molecular weight is 369 g/mol. The first-order valence-corrected chi connectivity index (χ1v) is 9.77. The number of rotatable bonds is 7. The second-order valence-corrected chi connectivity index (χ2v) is 6.89. The van der Waals surface area contributed by atoms with Crippen LogP contribution < -0.4 is 0 Å². The molecule has 0 saturated carbocycles. The van der Waals surface area contributed by atoms with E-state index in [9.17, 15) is 0 Å². The molecular weight excluding hydrogens is 346 g/mol. The molecule has 0 fully saturated rings. The number of pyridine rings is 1. The quantitative estimate of drug-likeness (QED) is 0.364. The Morgan fingerprint density at radius 1 is 0.714 bits per heavy atom. The van der Waals surface area contributed by atoms with Gasteiger partial charge in [0.05, 0.1) is 0 Å². The Hall–Kier alpha value is -3.27. The molecule has 4 nitrogen and oxygen atoms in total. The zero-order valence-corrected chi connectivity index (χ0v) is 16.0. The van der Waals surface area contributed by atoms with E-state index in [2.05, 4.69) is 58.4 Å². The van der Waals surface area contributed by atoms with Crippen molar-refractivity contribution in [1.29, 1.82) is 0 Å². The maximum Gasteiger partial charge on any atom is 0.258 e. The van der Waals surface area contributed by atoms with Gasteiger partial charge in [-0.15, -0.1) is 0 Å². The molecule has 0 aliphatic heterocycles. The van der Waals surface area contributed by atoms with Gasteiger partial charge in [-0.2, -0.15) is 4.98 Å². The molecule has 0 saturated heterocycles. The Bertz CT molecular complexity index is 1010. The molecule has 0 unspecified atom stereocenters. The summed E-state index contributed by atoms with van der Waals surface area (Å²) >= 11 is 0. The van der Waals surface area contributed by atoms with Gasteiger partial charge in [-0.05, 0) is 53.8 Å². The van der Waals surface area contributed by atoms with Gasteiger partial charge in [-0.25, -0.2) is 0 Å². The maximum absolute atomic E-state index is 5.43. The van der Waals surface area contributed by atoms with Crippen molar-refractivity contribution in [3.8, 4) is 34.0 Å². The van der Waals surface area contributed by atoms with Crippen molar-refractivity contribution in [1.82, 2.24) is 15.1 Å². The normalized spacial score (nSPS) is 10.9. The van der Waals surface area contributed by atoms with Gasteiger partial charge < -0.3 is 4.52 Å². The molecule has 0 N–H and O–H groups in total. The highest BCUT2D eigenvalue weighted by Gasteiger charge is 2.10. The molecule has 0 aliphatic carbocycles. The fraction of sp³-hybridized carbons (Fsp3) is 0.208. The Morgan fingerprint density at radius 3 is 2.04 bits per heavy atom. The van der Waals surface area contributed by atoms with E-state index in [-0.39, 0.29) is 0 Å². The van der Waals surface area contributed by atoms with Crippen LogP contribution in [0.4, 0.5) is 0 Å². The van der Waals surface area contributed by atoms with E-state index in [0.29, 0.717) is 11.7 Å². The number of unbranched alkanes of at least 4 members (excludes halogenated alkanes) is 2. The van der Waals surface area contributed by atoms with Crippen LogP contribution in [0.3, 0.4) is 0 Å². The van der Waals surface area contributed by atoms with Crippen LogP contribution in [0.1, 0.15) is 31.7 Å². The first-order chi connectivity index (χ1) is 13.8. The van der Waals surface area contributed by atoms with Gasteiger partial charge in [0.25, 0.3) is 5.89 Å². The number of hydrogen-bond donors (Lipinski definition) is 0. The van der Waals surface area contributed by atoms with Gasteiger partial charge in [0.1, 0.15) is 0 Å². The lowest BCUT2D eigenvalue weighted by Gasteiger charge is -2.05. The van der Waals surface area contributed by atoms with E-state index in [1.165, 1.54) is 36.0 Å². The minimum atomic E-state index is 0.518. The number of aromatic nitrogens is 3. The number of aryl methyl sites for hydroxylation is 1. The van der Waals surface area contributed by atoms with Gasteiger partial charge in [0.15, 0.2) is 0 Å². The molecule has 2 aromatic heterocycles. The number of hydrogen-bond acceptors (Lipinski definition) is 4. The average Bonchev–Trinajstić information content (AvgIpc) is 3.26. The fourth-order valence-electron chi connectivity index (χ4n) is 3.21. The van der Waals surface area contributed by atoms with E-state index in [0.717, 1.165) is 17.5 Å². The lowest BCUT2D eigenvalue weighted by Crippen LogP contribution is -1.86. The molecule has 0 aliphatic rings. The second-order valence-electron chi connectivity index (χ2n) is 6.89. The highest BCUT2D eigenvalue weighted by atomic mass is 16.5.